The normalized spacial score (nSPS) is 12.4. The summed E-state index contributed by atoms with van der Waals surface area (Å²) >= 11 is 0. The van der Waals surface area contributed by atoms with Gasteiger partial charge in [0.25, 0.3) is 0 Å². The summed E-state index contributed by atoms with van der Waals surface area (Å²) in [6, 6.07) is 5.71. The minimum Gasteiger partial charge on any atom is -0.497 e. The van der Waals surface area contributed by atoms with Crippen molar-refractivity contribution in [2.24, 2.45) is 0 Å². The molecule has 0 bridgehead atoms. The van der Waals surface area contributed by atoms with Crippen LogP contribution in [0.4, 0.5) is 5.69 Å². The number of ether oxygens (including phenoxy) is 1. The summed E-state index contributed by atoms with van der Waals surface area (Å²) in [4.78, 5) is 14.9. The van der Waals surface area contributed by atoms with Crippen LogP contribution in [-0.4, -0.2) is 38.7 Å². The van der Waals surface area contributed by atoms with Crippen molar-refractivity contribution >= 4 is 17.0 Å². The summed E-state index contributed by atoms with van der Waals surface area (Å²) in [5.41, 5.74) is 3.06. The number of carbonyl (C=O) groups excluding carboxylic acids is 1. The number of ketones is 1. The number of hydrogen-bond donors (Lipinski definition) is 1. The fraction of sp³-hybridized carbons (Fsp3) is 0.286. The van der Waals surface area contributed by atoms with Gasteiger partial charge in [-0.15, -0.1) is 0 Å². The molecule has 0 saturated carbocycles. The number of benzene rings is 1. The van der Waals surface area contributed by atoms with Crippen LogP contribution in [0.5, 0.6) is 5.75 Å². The van der Waals surface area contributed by atoms with E-state index < -0.39 is 0 Å². The molecule has 0 fully saturated rings. The highest BCUT2D eigenvalue weighted by Crippen LogP contribution is 2.32. The number of allylic oxidation sites excluding steroid dienone is 7. The second-order valence-electron chi connectivity index (χ2n) is 5.41. The van der Waals surface area contributed by atoms with Gasteiger partial charge < -0.3 is 14.7 Å². The molecule has 1 aliphatic rings. The lowest BCUT2D eigenvalue weighted by molar-refractivity contribution is -0.110. The van der Waals surface area contributed by atoms with Gasteiger partial charge in [-0.1, -0.05) is 37.0 Å². The first-order valence-corrected chi connectivity index (χ1v) is 8.18. The van der Waals surface area contributed by atoms with Gasteiger partial charge in [0, 0.05) is 49.2 Å². The van der Waals surface area contributed by atoms with E-state index in [1.807, 2.05) is 55.6 Å². The number of carbonyl (C=O) groups is 1. The Morgan fingerprint density at radius 1 is 1.28 bits per heavy atom. The van der Waals surface area contributed by atoms with Crippen molar-refractivity contribution in [3.05, 3.63) is 66.3 Å². The van der Waals surface area contributed by atoms with Crippen molar-refractivity contribution in [1.29, 1.82) is 0 Å². The third kappa shape index (κ3) is 5.19. The van der Waals surface area contributed by atoms with Crippen molar-refractivity contribution in [2.45, 2.75) is 13.3 Å². The molecule has 1 aromatic rings. The van der Waals surface area contributed by atoms with Crippen molar-refractivity contribution < 1.29 is 14.6 Å². The number of Topliss-reactive ketones (excluding diaryl/α,β-unsaturated/α-hetero) is 1. The van der Waals surface area contributed by atoms with Crippen LogP contribution < -0.4 is 9.64 Å². The average Bonchev–Trinajstić information content (AvgIpc) is 2.96. The van der Waals surface area contributed by atoms with E-state index in [4.69, 9.17) is 9.84 Å². The predicted molar refractivity (Wildman–Crippen MR) is 105 cm³/mol. The summed E-state index contributed by atoms with van der Waals surface area (Å²) in [6.07, 6.45) is 10.2. The third-order valence-corrected chi connectivity index (χ3v) is 3.97. The maximum Gasteiger partial charge on any atom is 0.189 e. The monoisotopic (exact) mass is 341 g/mol. The van der Waals surface area contributed by atoms with Gasteiger partial charge in [0.05, 0.1) is 7.11 Å². The zero-order valence-electron chi connectivity index (χ0n) is 15.5. The molecule has 1 aromatic carbocycles. The number of aliphatic hydroxyl groups excluding tert-OH is 1. The Bertz CT molecular complexity index is 699. The molecule has 0 radical (unpaired) electrons. The Hall–Kier alpha value is -2.59. The van der Waals surface area contributed by atoms with Gasteiger partial charge >= 0.3 is 0 Å². The van der Waals surface area contributed by atoms with Crippen molar-refractivity contribution in [1.82, 2.24) is 0 Å². The van der Waals surface area contributed by atoms with E-state index in [0.717, 1.165) is 36.2 Å². The Morgan fingerprint density at radius 2 is 2.00 bits per heavy atom. The molecule has 0 saturated heterocycles. The number of rotatable bonds is 6. The second kappa shape index (κ2) is 10.3. The number of aliphatic hydroxyl groups is 1. The number of methoxy groups -OCH3 is 1. The Balaban J connectivity index is 0.00000151. The van der Waals surface area contributed by atoms with Gasteiger partial charge in [-0.05, 0) is 25.5 Å². The Labute approximate surface area is 150 Å². The minimum absolute atomic E-state index is 0.0166. The molecule has 0 unspecified atom stereocenters. The van der Waals surface area contributed by atoms with Gasteiger partial charge in [0.15, 0.2) is 5.78 Å². The van der Waals surface area contributed by atoms with Crippen LogP contribution in [0.25, 0.3) is 5.57 Å². The van der Waals surface area contributed by atoms with E-state index in [9.17, 15) is 4.79 Å². The molecule has 4 nitrogen and oxygen atoms in total. The largest absolute Gasteiger partial charge is 0.497 e. The van der Waals surface area contributed by atoms with E-state index in [1.54, 1.807) is 7.11 Å². The zero-order chi connectivity index (χ0) is 18.8. The summed E-state index contributed by atoms with van der Waals surface area (Å²) in [7, 11) is 4.63. The molecule has 1 aliphatic carbocycles. The summed E-state index contributed by atoms with van der Waals surface area (Å²) < 4.78 is 5.31. The van der Waals surface area contributed by atoms with Gasteiger partial charge in [0.2, 0.25) is 0 Å². The van der Waals surface area contributed by atoms with E-state index in [2.05, 4.69) is 18.4 Å². The highest BCUT2D eigenvalue weighted by atomic mass is 16.5. The number of hydrogen-bond acceptors (Lipinski definition) is 4. The molecule has 134 valence electrons. The van der Waals surface area contributed by atoms with Crippen LogP contribution in [0, 0.1) is 0 Å². The van der Waals surface area contributed by atoms with E-state index in [1.165, 1.54) is 0 Å². The molecule has 0 atom stereocenters. The maximum absolute atomic E-state index is 12.8. The molecular formula is C21H27NO3. The molecule has 0 heterocycles. The standard InChI is InChI=1S/C20H23NO2.CH4O/c1-5-21(3)19-14-17(23-4)12-13-18(19)15(2)20(22)16-10-8-6-7-9-11-16;1-2/h6-10,12-14H,2,5,11H2,1,3-4H3;2H,1H3. The Morgan fingerprint density at radius 3 is 2.64 bits per heavy atom. The molecule has 2 rings (SSSR count). The number of nitrogens with zero attached hydrogens (tertiary/aromatic N) is 1. The molecule has 1 N–H and O–H groups in total. The van der Waals surface area contributed by atoms with E-state index in [0.29, 0.717) is 12.0 Å². The summed E-state index contributed by atoms with van der Waals surface area (Å²) in [5.74, 6) is 0.751. The van der Waals surface area contributed by atoms with Crippen LogP contribution in [0.15, 0.2) is 60.7 Å². The first-order chi connectivity index (χ1) is 12.1. The van der Waals surface area contributed by atoms with Crippen LogP contribution in [0.2, 0.25) is 0 Å². The molecule has 4 heteroatoms. The highest BCUT2D eigenvalue weighted by Gasteiger charge is 2.18. The lowest BCUT2D eigenvalue weighted by Crippen LogP contribution is -2.18. The first-order valence-electron chi connectivity index (χ1n) is 8.18. The van der Waals surface area contributed by atoms with Crippen LogP contribution in [0.1, 0.15) is 18.9 Å². The maximum atomic E-state index is 12.8. The molecule has 0 aliphatic heterocycles. The molecule has 0 spiro atoms. The van der Waals surface area contributed by atoms with Gasteiger partial charge in [-0.3, -0.25) is 4.79 Å². The first kappa shape index (κ1) is 20.5. The van der Waals surface area contributed by atoms with Crippen molar-refractivity contribution in [2.75, 3.05) is 32.7 Å². The van der Waals surface area contributed by atoms with Gasteiger partial charge in [0.1, 0.15) is 5.75 Å². The molecule has 25 heavy (non-hydrogen) atoms. The topological polar surface area (TPSA) is 49.8 Å². The lowest BCUT2D eigenvalue weighted by atomic mass is 9.94. The zero-order valence-corrected chi connectivity index (χ0v) is 15.5. The van der Waals surface area contributed by atoms with Gasteiger partial charge in [-0.25, -0.2) is 0 Å². The minimum atomic E-state index is -0.0166. The number of anilines is 1. The SMILES string of the molecule is C=C(C(=O)C1=CC=CC=CC1)c1ccc(OC)cc1N(C)CC.CO. The molecular weight excluding hydrogens is 314 g/mol. The van der Waals surface area contributed by atoms with E-state index in [-0.39, 0.29) is 5.78 Å². The van der Waals surface area contributed by atoms with Crippen molar-refractivity contribution in [3.8, 4) is 5.75 Å². The second-order valence-corrected chi connectivity index (χ2v) is 5.41. The van der Waals surface area contributed by atoms with Crippen LogP contribution in [0.3, 0.4) is 0 Å². The van der Waals surface area contributed by atoms with E-state index >= 15 is 0 Å². The van der Waals surface area contributed by atoms with Gasteiger partial charge in [-0.2, -0.15) is 0 Å². The fourth-order valence-electron chi connectivity index (χ4n) is 2.44. The lowest BCUT2D eigenvalue weighted by Gasteiger charge is -2.22. The third-order valence-electron chi connectivity index (χ3n) is 3.97. The molecule has 0 aromatic heterocycles. The highest BCUT2D eigenvalue weighted by molar-refractivity contribution is 6.29. The smallest absolute Gasteiger partial charge is 0.189 e. The Kier molecular flexibility index (Phi) is 8.44. The molecule has 0 amide bonds. The quantitative estimate of drug-likeness (QED) is 0.800. The summed E-state index contributed by atoms with van der Waals surface area (Å²) in [6.45, 7) is 6.95. The van der Waals surface area contributed by atoms with Crippen LogP contribution >= 0.6 is 0 Å². The van der Waals surface area contributed by atoms with Crippen molar-refractivity contribution in [3.63, 3.8) is 0 Å². The summed E-state index contributed by atoms with van der Waals surface area (Å²) in [5, 5.41) is 7.00. The average molecular weight is 341 g/mol. The fourth-order valence-corrected chi connectivity index (χ4v) is 2.44. The predicted octanol–water partition coefficient (Wildman–Crippen LogP) is 3.78. The van der Waals surface area contributed by atoms with Crippen LogP contribution in [-0.2, 0) is 4.79 Å².